The van der Waals surface area contributed by atoms with Gasteiger partial charge in [0.15, 0.2) is 0 Å². The van der Waals surface area contributed by atoms with Crippen LogP contribution in [0.3, 0.4) is 0 Å². The van der Waals surface area contributed by atoms with Crippen LogP contribution in [-0.2, 0) is 9.47 Å². The monoisotopic (exact) mass is 229 g/mol. The van der Waals surface area contributed by atoms with E-state index in [0.717, 1.165) is 19.3 Å². The highest BCUT2D eigenvalue weighted by Gasteiger charge is 2.35. The van der Waals surface area contributed by atoms with Crippen molar-refractivity contribution in [3.63, 3.8) is 0 Å². The second-order valence-electron chi connectivity index (χ2n) is 4.38. The zero-order chi connectivity index (χ0) is 12.0. The molecule has 0 heterocycles. The first-order valence-electron chi connectivity index (χ1n) is 5.85. The number of ether oxygens (including phenoxy) is 2. The van der Waals surface area contributed by atoms with Crippen molar-refractivity contribution in [1.29, 1.82) is 0 Å². The standard InChI is InChI=1S/C12H23NO3/c1-3-5-10(14)12(13)9-6-4-7-11(9)16-8-15-2/h3,9-12,14H,1,4-8,13H2,2H3/t9-,10+,11+,12+/m1/s1. The van der Waals surface area contributed by atoms with Crippen LogP contribution in [-0.4, -0.2) is 37.3 Å². The predicted molar refractivity (Wildman–Crippen MR) is 62.9 cm³/mol. The number of rotatable bonds is 7. The molecular formula is C12H23NO3. The van der Waals surface area contributed by atoms with Crippen molar-refractivity contribution in [2.24, 2.45) is 11.7 Å². The van der Waals surface area contributed by atoms with Gasteiger partial charge >= 0.3 is 0 Å². The fraction of sp³-hybridized carbons (Fsp3) is 0.833. The molecule has 4 nitrogen and oxygen atoms in total. The molecule has 1 aliphatic rings. The molecule has 1 rings (SSSR count). The average molecular weight is 229 g/mol. The van der Waals surface area contributed by atoms with Gasteiger partial charge in [-0.2, -0.15) is 0 Å². The third-order valence-electron chi connectivity index (χ3n) is 3.25. The van der Waals surface area contributed by atoms with E-state index in [1.54, 1.807) is 13.2 Å². The molecule has 0 saturated heterocycles. The van der Waals surface area contributed by atoms with Gasteiger partial charge in [0.1, 0.15) is 6.79 Å². The van der Waals surface area contributed by atoms with Crippen LogP contribution >= 0.6 is 0 Å². The Kier molecular flexibility index (Phi) is 5.98. The summed E-state index contributed by atoms with van der Waals surface area (Å²) in [6.45, 7) is 3.91. The smallest absolute Gasteiger partial charge is 0.146 e. The van der Waals surface area contributed by atoms with Gasteiger partial charge < -0.3 is 20.3 Å². The molecule has 3 N–H and O–H groups in total. The van der Waals surface area contributed by atoms with E-state index in [4.69, 9.17) is 15.2 Å². The highest BCUT2D eigenvalue weighted by molar-refractivity contribution is 4.91. The fourth-order valence-corrected chi connectivity index (χ4v) is 2.37. The summed E-state index contributed by atoms with van der Waals surface area (Å²) >= 11 is 0. The van der Waals surface area contributed by atoms with E-state index in [9.17, 15) is 5.11 Å². The molecule has 4 atom stereocenters. The third-order valence-corrected chi connectivity index (χ3v) is 3.25. The molecule has 0 aliphatic heterocycles. The first-order chi connectivity index (χ1) is 7.70. The predicted octanol–water partition coefficient (Wildman–Crippen LogP) is 1.04. The molecular weight excluding hydrogens is 206 g/mol. The van der Waals surface area contributed by atoms with Crippen LogP contribution < -0.4 is 5.73 Å². The van der Waals surface area contributed by atoms with Crippen LogP contribution in [0, 0.1) is 5.92 Å². The van der Waals surface area contributed by atoms with Gasteiger partial charge in [-0.25, -0.2) is 0 Å². The van der Waals surface area contributed by atoms with E-state index in [-0.39, 0.29) is 18.1 Å². The Bertz CT molecular complexity index is 210. The van der Waals surface area contributed by atoms with E-state index in [1.807, 2.05) is 0 Å². The fourth-order valence-electron chi connectivity index (χ4n) is 2.37. The lowest BCUT2D eigenvalue weighted by atomic mass is 9.91. The van der Waals surface area contributed by atoms with Gasteiger partial charge in [-0.05, 0) is 19.3 Å². The lowest BCUT2D eigenvalue weighted by molar-refractivity contribution is -0.0909. The van der Waals surface area contributed by atoms with E-state index in [0.29, 0.717) is 13.2 Å². The first-order valence-corrected chi connectivity index (χ1v) is 5.85. The summed E-state index contributed by atoms with van der Waals surface area (Å²) in [6.07, 6.45) is 4.96. The molecule has 0 spiro atoms. The number of methoxy groups -OCH3 is 1. The van der Waals surface area contributed by atoms with E-state index in [2.05, 4.69) is 6.58 Å². The SMILES string of the molecule is C=CC[C@H](O)[C@@H](N)[C@@H]1CCC[C@@H]1OCOC. The number of nitrogens with two attached hydrogens (primary N) is 1. The van der Waals surface area contributed by atoms with Crippen molar-refractivity contribution in [1.82, 2.24) is 0 Å². The molecule has 0 radical (unpaired) electrons. The van der Waals surface area contributed by atoms with Crippen LogP contribution in [0.15, 0.2) is 12.7 Å². The van der Waals surface area contributed by atoms with Gasteiger partial charge in [0.2, 0.25) is 0 Å². The molecule has 0 amide bonds. The molecule has 1 saturated carbocycles. The molecule has 1 aliphatic carbocycles. The summed E-state index contributed by atoms with van der Waals surface area (Å²) in [5.74, 6) is 0.227. The Hall–Kier alpha value is -0.420. The molecule has 0 bridgehead atoms. The minimum Gasteiger partial charge on any atom is -0.391 e. The highest BCUT2D eigenvalue weighted by Crippen LogP contribution is 2.31. The van der Waals surface area contributed by atoms with Crippen LogP contribution in [0.4, 0.5) is 0 Å². The van der Waals surface area contributed by atoms with Gasteiger partial charge in [-0.1, -0.05) is 12.5 Å². The van der Waals surface area contributed by atoms with Crippen molar-refractivity contribution < 1.29 is 14.6 Å². The van der Waals surface area contributed by atoms with Crippen LogP contribution in [0.1, 0.15) is 25.7 Å². The zero-order valence-corrected chi connectivity index (χ0v) is 9.97. The molecule has 1 fully saturated rings. The third kappa shape index (κ3) is 3.56. The van der Waals surface area contributed by atoms with E-state index in [1.165, 1.54) is 0 Å². The maximum Gasteiger partial charge on any atom is 0.146 e. The van der Waals surface area contributed by atoms with Crippen LogP contribution in [0.5, 0.6) is 0 Å². The molecule has 94 valence electrons. The van der Waals surface area contributed by atoms with Gasteiger partial charge in [-0.3, -0.25) is 0 Å². The summed E-state index contributed by atoms with van der Waals surface area (Å²) in [4.78, 5) is 0. The second-order valence-corrected chi connectivity index (χ2v) is 4.38. The Labute approximate surface area is 97.4 Å². The topological polar surface area (TPSA) is 64.7 Å². The Morgan fingerprint density at radius 3 is 2.94 bits per heavy atom. The Morgan fingerprint density at radius 1 is 1.56 bits per heavy atom. The lowest BCUT2D eigenvalue weighted by Gasteiger charge is -2.28. The second kappa shape index (κ2) is 7.01. The number of hydrogen-bond acceptors (Lipinski definition) is 4. The van der Waals surface area contributed by atoms with Crippen molar-refractivity contribution >= 4 is 0 Å². The molecule has 0 aromatic carbocycles. The van der Waals surface area contributed by atoms with Gasteiger partial charge in [0, 0.05) is 19.1 Å². The van der Waals surface area contributed by atoms with Crippen molar-refractivity contribution in [2.45, 2.75) is 43.9 Å². The molecule has 0 aromatic heterocycles. The number of aliphatic hydroxyl groups excluding tert-OH is 1. The summed E-state index contributed by atoms with van der Waals surface area (Å²) in [7, 11) is 1.61. The van der Waals surface area contributed by atoms with Gasteiger partial charge in [0.25, 0.3) is 0 Å². The van der Waals surface area contributed by atoms with Gasteiger partial charge in [0.05, 0.1) is 12.2 Å². The minimum atomic E-state index is -0.519. The average Bonchev–Trinajstić information content (AvgIpc) is 2.73. The molecule has 16 heavy (non-hydrogen) atoms. The zero-order valence-electron chi connectivity index (χ0n) is 9.97. The highest BCUT2D eigenvalue weighted by atomic mass is 16.7. The van der Waals surface area contributed by atoms with Crippen LogP contribution in [0.25, 0.3) is 0 Å². The summed E-state index contributed by atoms with van der Waals surface area (Å²) in [5, 5.41) is 9.84. The maximum atomic E-state index is 9.84. The Balaban J connectivity index is 2.46. The minimum absolute atomic E-state index is 0.120. The quantitative estimate of drug-likeness (QED) is 0.506. The van der Waals surface area contributed by atoms with E-state index < -0.39 is 6.10 Å². The van der Waals surface area contributed by atoms with Crippen molar-refractivity contribution in [3.05, 3.63) is 12.7 Å². The largest absolute Gasteiger partial charge is 0.391 e. The van der Waals surface area contributed by atoms with Crippen LogP contribution in [0.2, 0.25) is 0 Å². The Morgan fingerprint density at radius 2 is 2.31 bits per heavy atom. The summed E-state index contributed by atoms with van der Waals surface area (Å²) in [5.41, 5.74) is 6.05. The maximum absolute atomic E-state index is 9.84. The van der Waals surface area contributed by atoms with Gasteiger partial charge in [-0.15, -0.1) is 6.58 Å². The lowest BCUT2D eigenvalue weighted by Crippen LogP contribution is -2.44. The molecule has 4 heteroatoms. The molecule has 0 aromatic rings. The summed E-state index contributed by atoms with van der Waals surface area (Å²) < 4.78 is 10.5. The number of aliphatic hydroxyl groups is 1. The normalized spacial score (nSPS) is 28.9. The van der Waals surface area contributed by atoms with E-state index >= 15 is 0 Å². The molecule has 0 unspecified atom stereocenters. The first kappa shape index (κ1) is 13.6. The summed E-state index contributed by atoms with van der Waals surface area (Å²) in [6, 6.07) is -0.234. The number of hydrogen-bond donors (Lipinski definition) is 2. The van der Waals surface area contributed by atoms with Crippen molar-refractivity contribution in [3.8, 4) is 0 Å². The van der Waals surface area contributed by atoms with Crippen molar-refractivity contribution in [2.75, 3.05) is 13.9 Å².